The fraction of sp³-hybridized carbons (Fsp3) is 0.188. The summed E-state index contributed by atoms with van der Waals surface area (Å²) in [6, 6.07) is 9.37. The van der Waals surface area contributed by atoms with Crippen molar-refractivity contribution in [3.05, 3.63) is 71.8 Å². The van der Waals surface area contributed by atoms with Gasteiger partial charge in [0.2, 0.25) is 0 Å². The molecule has 0 aliphatic heterocycles. The number of carbonyl (C=O) groups excluding carboxylic acids is 1. The lowest BCUT2D eigenvalue weighted by Crippen LogP contribution is -1.95. The molecule has 88 valence electrons. The molecule has 0 atom stereocenters. The Morgan fingerprint density at radius 2 is 1.82 bits per heavy atom. The van der Waals surface area contributed by atoms with E-state index >= 15 is 0 Å². The van der Waals surface area contributed by atoms with E-state index in [4.69, 9.17) is 0 Å². The van der Waals surface area contributed by atoms with Gasteiger partial charge in [0.25, 0.3) is 0 Å². The van der Waals surface area contributed by atoms with Crippen molar-refractivity contribution >= 4 is 5.78 Å². The van der Waals surface area contributed by atoms with E-state index < -0.39 is 0 Å². The average molecular weight is 226 g/mol. The molecule has 0 heterocycles. The Kier molecular flexibility index (Phi) is 5.73. The van der Waals surface area contributed by atoms with Crippen LogP contribution >= 0.6 is 0 Å². The van der Waals surface area contributed by atoms with Gasteiger partial charge in [0.1, 0.15) is 0 Å². The smallest absolute Gasteiger partial charge is 0.166 e. The second-order valence-electron chi connectivity index (χ2n) is 3.68. The van der Waals surface area contributed by atoms with Gasteiger partial charge in [-0.1, -0.05) is 60.7 Å². The van der Waals surface area contributed by atoms with Crippen molar-refractivity contribution in [3.63, 3.8) is 0 Å². The highest BCUT2D eigenvalue weighted by atomic mass is 16.1. The van der Waals surface area contributed by atoms with Crippen LogP contribution in [0.15, 0.2) is 66.3 Å². The van der Waals surface area contributed by atoms with Crippen LogP contribution in [0.2, 0.25) is 0 Å². The van der Waals surface area contributed by atoms with E-state index in [1.807, 2.05) is 74.6 Å². The predicted octanol–water partition coefficient (Wildman–Crippen LogP) is 4.34. The van der Waals surface area contributed by atoms with Gasteiger partial charge in [0.05, 0.1) is 0 Å². The second-order valence-corrected chi connectivity index (χ2v) is 3.68. The van der Waals surface area contributed by atoms with E-state index in [9.17, 15) is 4.79 Å². The van der Waals surface area contributed by atoms with Crippen LogP contribution in [0.25, 0.3) is 0 Å². The Hall–Kier alpha value is -1.89. The maximum Gasteiger partial charge on any atom is 0.166 e. The highest BCUT2D eigenvalue weighted by molar-refractivity contribution is 5.96. The summed E-state index contributed by atoms with van der Waals surface area (Å²) in [7, 11) is 0. The van der Waals surface area contributed by atoms with E-state index in [1.54, 1.807) is 0 Å². The van der Waals surface area contributed by atoms with Gasteiger partial charge in [-0.15, -0.1) is 0 Å². The van der Waals surface area contributed by atoms with Crippen LogP contribution in [0, 0.1) is 0 Å². The molecule has 0 aliphatic rings. The zero-order chi connectivity index (χ0) is 12.5. The van der Waals surface area contributed by atoms with Crippen molar-refractivity contribution in [1.29, 1.82) is 0 Å². The molecule has 1 nitrogen and oxygen atoms in total. The molecule has 0 unspecified atom stereocenters. The highest BCUT2D eigenvalue weighted by Crippen LogP contribution is 2.05. The molecular formula is C16H18O. The first-order valence-electron chi connectivity index (χ1n) is 5.81. The first kappa shape index (κ1) is 13.2. The van der Waals surface area contributed by atoms with Crippen molar-refractivity contribution in [1.82, 2.24) is 0 Å². The van der Waals surface area contributed by atoms with Crippen LogP contribution in [0.5, 0.6) is 0 Å². The molecule has 0 aliphatic carbocycles. The lowest BCUT2D eigenvalue weighted by atomic mass is 10.1. The molecule has 0 radical (unpaired) electrons. The van der Waals surface area contributed by atoms with Crippen molar-refractivity contribution in [2.24, 2.45) is 0 Å². The van der Waals surface area contributed by atoms with E-state index in [1.165, 1.54) is 0 Å². The Morgan fingerprint density at radius 3 is 2.41 bits per heavy atom. The average Bonchev–Trinajstić information content (AvgIpc) is 2.38. The zero-order valence-corrected chi connectivity index (χ0v) is 10.4. The van der Waals surface area contributed by atoms with Crippen LogP contribution in [-0.4, -0.2) is 5.78 Å². The van der Waals surface area contributed by atoms with Gasteiger partial charge < -0.3 is 0 Å². The number of hydrogen-bond acceptors (Lipinski definition) is 1. The van der Waals surface area contributed by atoms with E-state index in [0.29, 0.717) is 6.42 Å². The maximum absolute atomic E-state index is 11.8. The Morgan fingerprint density at radius 1 is 1.12 bits per heavy atom. The van der Waals surface area contributed by atoms with E-state index in [-0.39, 0.29) is 5.78 Å². The van der Waals surface area contributed by atoms with Gasteiger partial charge in [-0.2, -0.15) is 0 Å². The summed E-state index contributed by atoms with van der Waals surface area (Å²) in [5, 5.41) is 0. The molecule has 0 saturated carbocycles. The van der Waals surface area contributed by atoms with Crippen LogP contribution in [0.3, 0.4) is 0 Å². The van der Waals surface area contributed by atoms with Gasteiger partial charge in [-0.05, 0) is 19.4 Å². The zero-order valence-electron chi connectivity index (χ0n) is 10.4. The second kappa shape index (κ2) is 7.39. The lowest BCUT2D eigenvalue weighted by Gasteiger charge is -1.96. The number of benzene rings is 1. The van der Waals surface area contributed by atoms with E-state index in [2.05, 4.69) is 0 Å². The molecule has 0 fully saturated rings. The standard InChI is InChI=1S/C16H18O/c1-3-9-14(4-2)10-8-13-16(17)15-11-6-5-7-12-15/h3-12H,13H2,1-2H3/b9-3-,10-8+,14-4+. The van der Waals surface area contributed by atoms with E-state index in [0.717, 1.165) is 11.1 Å². The Balaban J connectivity index is 2.57. The monoisotopic (exact) mass is 226 g/mol. The molecule has 0 amide bonds. The van der Waals surface area contributed by atoms with Gasteiger partial charge in [-0.25, -0.2) is 0 Å². The Bertz CT molecular complexity index is 436. The van der Waals surface area contributed by atoms with Gasteiger partial charge >= 0.3 is 0 Å². The maximum atomic E-state index is 11.8. The summed E-state index contributed by atoms with van der Waals surface area (Å²) < 4.78 is 0. The van der Waals surface area contributed by atoms with Gasteiger partial charge in [-0.3, -0.25) is 4.79 Å². The normalized spacial score (nSPS) is 12.5. The number of rotatable bonds is 5. The van der Waals surface area contributed by atoms with Gasteiger partial charge in [0, 0.05) is 12.0 Å². The highest BCUT2D eigenvalue weighted by Gasteiger charge is 2.01. The molecule has 1 heteroatoms. The fourth-order valence-electron chi connectivity index (χ4n) is 1.48. The number of Topliss-reactive ketones (excluding diaryl/α,β-unsaturated/α-hetero) is 1. The number of ketones is 1. The molecular weight excluding hydrogens is 208 g/mol. The SMILES string of the molecule is C\C=C/C(/C=C/CC(=O)c1ccccc1)=C\C. The number of allylic oxidation sites excluding steroid dienone is 6. The quantitative estimate of drug-likeness (QED) is 0.539. The minimum absolute atomic E-state index is 0.151. The van der Waals surface area contributed by atoms with Crippen molar-refractivity contribution in [3.8, 4) is 0 Å². The molecule has 1 aromatic rings. The van der Waals surface area contributed by atoms with Gasteiger partial charge in [0.15, 0.2) is 5.78 Å². The molecule has 1 rings (SSSR count). The van der Waals surface area contributed by atoms with Crippen molar-refractivity contribution in [2.45, 2.75) is 20.3 Å². The lowest BCUT2D eigenvalue weighted by molar-refractivity contribution is 0.0996. The molecule has 0 saturated heterocycles. The minimum Gasteiger partial charge on any atom is -0.294 e. The number of carbonyl (C=O) groups is 1. The summed E-state index contributed by atoms with van der Waals surface area (Å²) in [5.41, 5.74) is 1.89. The van der Waals surface area contributed by atoms with Crippen LogP contribution in [0.1, 0.15) is 30.6 Å². The summed E-state index contributed by atoms with van der Waals surface area (Å²) in [4.78, 5) is 11.8. The molecule has 0 spiro atoms. The molecule has 0 bridgehead atoms. The van der Waals surface area contributed by atoms with Crippen LogP contribution < -0.4 is 0 Å². The first-order chi connectivity index (χ1) is 8.27. The first-order valence-corrected chi connectivity index (χ1v) is 5.81. The molecule has 1 aromatic carbocycles. The third-order valence-electron chi connectivity index (χ3n) is 2.40. The third kappa shape index (κ3) is 4.64. The van der Waals surface area contributed by atoms with Crippen molar-refractivity contribution in [2.75, 3.05) is 0 Å². The van der Waals surface area contributed by atoms with Crippen molar-refractivity contribution < 1.29 is 4.79 Å². The minimum atomic E-state index is 0.151. The fourth-order valence-corrected chi connectivity index (χ4v) is 1.48. The molecule has 0 aromatic heterocycles. The van der Waals surface area contributed by atoms with Crippen LogP contribution in [-0.2, 0) is 0 Å². The molecule has 17 heavy (non-hydrogen) atoms. The predicted molar refractivity (Wildman–Crippen MR) is 73.1 cm³/mol. The summed E-state index contributed by atoms with van der Waals surface area (Å²) in [5.74, 6) is 0.151. The topological polar surface area (TPSA) is 17.1 Å². The number of hydrogen-bond donors (Lipinski definition) is 0. The third-order valence-corrected chi connectivity index (χ3v) is 2.40. The summed E-state index contributed by atoms with van der Waals surface area (Å²) in [6.07, 6.45) is 10.3. The summed E-state index contributed by atoms with van der Waals surface area (Å²) in [6.45, 7) is 3.96. The largest absolute Gasteiger partial charge is 0.294 e. The molecule has 0 N–H and O–H groups in total. The Labute approximate surface area is 103 Å². The van der Waals surface area contributed by atoms with Crippen LogP contribution in [0.4, 0.5) is 0 Å². The summed E-state index contributed by atoms with van der Waals surface area (Å²) >= 11 is 0.